The SMILES string of the molecule is O=C(CO)NSC1CCCCC1. The van der Waals surface area contributed by atoms with Gasteiger partial charge in [0.05, 0.1) is 0 Å². The number of hydrogen-bond acceptors (Lipinski definition) is 3. The summed E-state index contributed by atoms with van der Waals surface area (Å²) in [5.41, 5.74) is 0. The van der Waals surface area contributed by atoms with E-state index < -0.39 is 6.61 Å². The number of carbonyl (C=O) groups excluding carboxylic acids is 1. The van der Waals surface area contributed by atoms with Gasteiger partial charge < -0.3 is 5.11 Å². The van der Waals surface area contributed by atoms with Crippen LogP contribution in [-0.4, -0.2) is 22.9 Å². The summed E-state index contributed by atoms with van der Waals surface area (Å²) in [5, 5.41) is 9.00. The predicted molar refractivity (Wildman–Crippen MR) is 49.7 cm³/mol. The van der Waals surface area contributed by atoms with E-state index in [2.05, 4.69) is 4.72 Å². The van der Waals surface area contributed by atoms with Crippen molar-refractivity contribution in [1.29, 1.82) is 0 Å². The second-order valence-electron chi connectivity index (χ2n) is 3.06. The maximum atomic E-state index is 10.7. The lowest BCUT2D eigenvalue weighted by atomic mass is 10.0. The molecule has 0 saturated heterocycles. The Morgan fingerprint density at radius 1 is 1.42 bits per heavy atom. The van der Waals surface area contributed by atoms with Crippen LogP contribution in [0.4, 0.5) is 0 Å². The van der Waals surface area contributed by atoms with E-state index in [1.54, 1.807) is 0 Å². The summed E-state index contributed by atoms with van der Waals surface area (Å²) in [6.45, 7) is -0.403. The first-order valence-corrected chi connectivity index (χ1v) is 5.26. The van der Waals surface area contributed by atoms with Crippen LogP contribution in [0.3, 0.4) is 0 Å². The molecule has 0 atom stereocenters. The molecular formula is C8H15NO2S. The second kappa shape index (κ2) is 5.43. The van der Waals surface area contributed by atoms with Crippen LogP contribution in [0.25, 0.3) is 0 Å². The van der Waals surface area contributed by atoms with Crippen LogP contribution in [-0.2, 0) is 4.79 Å². The molecule has 0 heterocycles. The van der Waals surface area contributed by atoms with E-state index >= 15 is 0 Å². The molecule has 0 aliphatic heterocycles. The molecule has 3 nitrogen and oxygen atoms in total. The van der Waals surface area contributed by atoms with Crippen molar-refractivity contribution >= 4 is 17.9 Å². The summed E-state index contributed by atoms with van der Waals surface area (Å²) >= 11 is 1.47. The molecule has 0 radical (unpaired) electrons. The fraction of sp³-hybridized carbons (Fsp3) is 0.875. The highest BCUT2D eigenvalue weighted by atomic mass is 32.2. The zero-order valence-corrected chi connectivity index (χ0v) is 7.90. The van der Waals surface area contributed by atoms with Gasteiger partial charge in [0, 0.05) is 5.25 Å². The fourth-order valence-corrected chi connectivity index (χ4v) is 2.30. The van der Waals surface area contributed by atoms with Gasteiger partial charge in [-0.25, -0.2) is 0 Å². The number of rotatable bonds is 3. The van der Waals surface area contributed by atoms with Gasteiger partial charge in [-0.05, 0) is 24.8 Å². The summed E-state index contributed by atoms with van der Waals surface area (Å²) in [7, 11) is 0. The molecule has 0 spiro atoms. The first-order chi connectivity index (χ1) is 5.83. The normalized spacial score (nSPS) is 19.1. The van der Waals surface area contributed by atoms with Crippen LogP contribution in [0.1, 0.15) is 32.1 Å². The van der Waals surface area contributed by atoms with Crippen molar-refractivity contribution in [2.24, 2.45) is 0 Å². The van der Waals surface area contributed by atoms with E-state index in [-0.39, 0.29) is 5.91 Å². The minimum absolute atomic E-state index is 0.287. The molecule has 0 bridgehead atoms. The topological polar surface area (TPSA) is 49.3 Å². The van der Waals surface area contributed by atoms with E-state index in [1.165, 1.54) is 44.1 Å². The lowest BCUT2D eigenvalue weighted by molar-refractivity contribution is -0.121. The monoisotopic (exact) mass is 189 g/mol. The van der Waals surface area contributed by atoms with Crippen molar-refractivity contribution in [3.8, 4) is 0 Å². The van der Waals surface area contributed by atoms with E-state index in [4.69, 9.17) is 5.11 Å². The third-order valence-electron chi connectivity index (χ3n) is 2.04. The van der Waals surface area contributed by atoms with Gasteiger partial charge in [-0.15, -0.1) is 0 Å². The van der Waals surface area contributed by atoms with Crippen LogP contribution in [0.2, 0.25) is 0 Å². The third kappa shape index (κ3) is 3.45. The van der Waals surface area contributed by atoms with Crippen LogP contribution in [0, 0.1) is 0 Å². The quantitative estimate of drug-likeness (QED) is 0.653. The largest absolute Gasteiger partial charge is 0.387 e. The lowest BCUT2D eigenvalue weighted by Gasteiger charge is -2.20. The number of carbonyl (C=O) groups is 1. The maximum Gasteiger partial charge on any atom is 0.255 e. The van der Waals surface area contributed by atoms with Gasteiger partial charge >= 0.3 is 0 Å². The summed E-state index contributed by atoms with van der Waals surface area (Å²) < 4.78 is 2.63. The summed E-state index contributed by atoms with van der Waals surface area (Å²) in [6, 6.07) is 0. The average Bonchev–Trinajstić information content (AvgIpc) is 2.16. The molecule has 12 heavy (non-hydrogen) atoms. The Morgan fingerprint density at radius 2 is 2.08 bits per heavy atom. The van der Waals surface area contributed by atoms with Gasteiger partial charge in [-0.1, -0.05) is 19.3 Å². The molecule has 2 N–H and O–H groups in total. The Balaban J connectivity index is 2.09. The molecule has 0 aromatic heterocycles. The van der Waals surface area contributed by atoms with Crippen molar-refractivity contribution in [2.45, 2.75) is 37.4 Å². The van der Waals surface area contributed by atoms with Crippen LogP contribution in [0.15, 0.2) is 0 Å². The maximum absolute atomic E-state index is 10.7. The van der Waals surface area contributed by atoms with Crippen LogP contribution >= 0.6 is 11.9 Å². The molecule has 1 aliphatic carbocycles. The van der Waals surface area contributed by atoms with Gasteiger partial charge in [0.15, 0.2) is 0 Å². The minimum Gasteiger partial charge on any atom is -0.387 e. The number of aliphatic hydroxyl groups excluding tert-OH is 1. The Kier molecular flexibility index (Phi) is 4.46. The molecule has 0 aromatic carbocycles. The van der Waals surface area contributed by atoms with Gasteiger partial charge in [-0.2, -0.15) is 0 Å². The zero-order valence-electron chi connectivity index (χ0n) is 7.08. The van der Waals surface area contributed by atoms with Crippen molar-refractivity contribution < 1.29 is 9.90 Å². The number of nitrogens with one attached hydrogen (secondary N) is 1. The molecule has 0 unspecified atom stereocenters. The van der Waals surface area contributed by atoms with E-state index in [0.29, 0.717) is 5.25 Å². The summed E-state index contributed by atoms with van der Waals surface area (Å²) in [6.07, 6.45) is 6.25. The highest BCUT2D eigenvalue weighted by molar-refractivity contribution is 7.98. The van der Waals surface area contributed by atoms with Gasteiger partial charge in [0.1, 0.15) is 6.61 Å². The van der Waals surface area contributed by atoms with E-state index in [9.17, 15) is 4.79 Å². The van der Waals surface area contributed by atoms with Crippen LogP contribution < -0.4 is 4.72 Å². The third-order valence-corrected chi connectivity index (χ3v) is 3.19. The Labute approximate surface area is 77.1 Å². The predicted octanol–water partition coefficient (Wildman–Crippen LogP) is 1.08. The summed E-state index contributed by atoms with van der Waals surface area (Å²) in [4.78, 5) is 10.7. The molecule has 0 aromatic rings. The second-order valence-corrected chi connectivity index (χ2v) is 4.17. The number of aliphatic hydroxyl groups is 1. The fourth-order valence-electron chi connectivity index (χ4n) is 1.36. The van der Waals surface area contributed by atoms with Crippen molar-refractivity contribution in [1.82, 2.24) is 4.72 Å². The number of amides is 1. The smallest absolute Gasteiger partial charge is 0.255 e. The standard InChI is InChI=1S/C8H15NO2S/c10-6-8(11)9-12-7-4-2-1-3-5-7/h7,10H,1-6H2,(H,9,11). The first-order valence-electron chi connectivity index (χ1n) is 4.38. The molecule has 70 valence electrons. The molecular weight excluding hydrogens is 174 g/mol. The minimum atomic E-state index is -0.403. The van der Waals surface area contributed by atoms with Gasteiger partial charge in [0.2, 0.25) is 0 Å². The van der Waals surface area contributed by atoms with Crippen molar-refractivity contribution in [3.05, 3.63) is 0 Å². The summed E-state index contributed by atoms with van der Waals surface area (Å²) in [5.74, 6) is -0.287. The highest BCUT2D eigenvalue weighted by Crippen LogP contribution is 2.26. The zero-order chi connectivity index (χ0) is 8.81. The molecule has 1 amide bonds. The van der Waals surface area contributed by atoms with Gasteiger partial charge in [0.25, 0.3) is 5.91 Å². The average molecular weight is 189 g/mol. The van der Waals surface area contributed by atoms with Crippen LogP contribution in [0.5, 0.6) is 0 Å². The van der Waals surface area contributed by atoms with E-state index in [1.807, 2.05) is 0 Å². The Morgan fingerprint density at radius 3 is 2.67 bits per heavy atom. The Bertz CT molecular complexity index is 146. The first kappa shape index (κ1) is 9.86. The number of hydrogen-bond donors (Lipinski definition) is 2. The van der Waals surface area contributed by atoms with Crippen molar-refractivity contribution in [3.63, 3.8) is 0 Å². The molecule has 1 aliphatic rings. The highest BCUT2D eigenvalue weighted by Gasteiger charge is 2.14. The lowest BCUT2D eigenvalue weighted by Crippen LogP contribution is -2.23. The van der Waals surface area contributed by atoms with Gasteiger partial charge in [-0.3, -0.25) is 9.52 Å². The molecule has 4 heteroatoms. The molecule has 1 saturated carbocycles. The molecule has 1 fully saturated rings. The van der Waals surface area contributed by atoms with Crippen molar-refractivity contribution in [2.75, 3.05) is 6.61 Å². The Hall–Kier alpha value is -0.220. The van der Waals surface area contributed by atoms with E-state index in [0.717, 1.165) is 0 Å². The molecule has 1 rings (SSSR count).